The summed E-state index contributed by atoms with van der Waals surface area (Å²) in [5, 5.41) is -0.129. The van der Waals surface area contributed by atoms with E-state index in [1.807, 2.05) is 0 Å². The maximum atomic E-state index is 12.7. The number of carbonyl (C=O) groups is 2. The summed E-state index contributed by atoms with van der Waals surface area (Å²) in [6, 6.07) is 7.26. The number of benzene rings is 2. The van der Waals surface area contributed by atoms with Gasteiger partial charge in [0.2, 0.25) is 9.84 Å². The van der Waals surface area contributed by atoms with E-state index in [9.17, 15) is 18.0 Å². The number of rotatable bonds is 4. The van der Waals surface area contributed by atoms with Gasteiger partial charge >= 0.3 is 11.9 Å². The Labute approximate surface area is 154 Å². The summed E-state index contributed by atoms with van der Waals surface area (Å²) in [7, 11) is -1.58. The van der Waals surface area contributed by atoms with Gasteiger partial charge in [-0.05, 0) is 36.4 Å². The highest BCUT2D eigenvalue weighted by Crippen LogP contribution is 2.29. The van der Waals surface area contributed by atoms with Crippen molar-refractivity contribution in [3.05, 3.63) is 57.6 Å². The SMILES string of the molecule is COC(=O)c1ccc(S(=O)(=O)c2ccc(C(=O)OC)c(Cl)c2)cc1Cl. The van der Waals surface area contributed by atoms with Crippen LogP contribution >= 0.6 is 23.2 Å². The number of halogens is 2. The summed E-state index contributed by atoms with van der Waals surface area (Å²) >= 11 is 11.9. The largest absolute Gasteiger partial charge is 0.465 e. The Kier molecular flexibility index (Phi) is 5.72. The topological polar surface area (TPSA) is 86.7 Å². The lowest BCUT2D eigenvalue weighted by Gasteiger charge is -2.09. The van der Waals surface area contributed by atoms with Crippen LogP contribution in [-0.2, 0) is 19.3 Å². The second-order valence-corrected chi connectivity index (χ2v) is 7.53. The first kappa shape index (κ1) is 19.2. The van der Waals surface area contributed by atoms with Crippen LogP contribution in [0.1, 0.15) is 20.7 Å². The van der Waals surface area contributed by atoms with Crippen LogP contribution in [0, 0.1) is 0 Å². The molecular formula is C16H12Cl2O6S. The molecule has 9 heteroatoms. The first-order valence-corrected chi connectivity index (χ1v) is 8.97. The van der Waals surface area contributed by atoms with E-state index in [-0.39, 0.29) is 31.0 Å². The Morgan fingerprint density at radius 1 is 0.800 bits per heavy atom. The average Bonchev–Trinajstić information content (AvgIpc) is 2.60. The van der Waals surface area contributed by atoms with E-state index in [0.717, 1.165) is 12.1 Å². The first-order valence-electron chi connectivity index (χ1n) is 6.73. The number of sulfone groups is 1. The number of carbonyl (C=O) groups excluding carboxylic acids is 2. The fourth-order valence-corrected chi connectivity index (χ4v) is 3.97. The molecular weight excluding hydrogens is 391 g/mol. The van der Waals surface area contributed by atoms with Crippen LogP contribution in [0.15, 0.2) is 46.2 Å². The van der Waals surface area contributed by atoms with Gasteiger partial charge in [0.1, 0.15) is 0 Å². The summed E-state index contributed by atoms with van der Waals surface area (Å²) in [6.45, 7) is 0. The quantitative estimate of drug-likeness (QED) is 0.728. The molecule has 0 unspecified atom stereocenters. The standard InChI is InChI=1S/C16H12Cl2O6S/c1-23-15(19)11-5-3-9(7-13(11)17)25(21,22)10-4-6-12(14(18)8-10)16(20)24-2/h3-8H,1-2H3. The molecule has 6 nitrogen and oxygen atoms in total. The predicted octanol–water partition coefficient (Wildman–Crippen LogP) is 3.40. The van der Waals surface area contributed by atoms with Crippen LogP contribution in [0.25, 0.3) is 0 Å². The molecule has 0 amide bonds. The van der Waals surface area contributed by atoms with Gasteiger partial charge < -0.3 is 9.47 Å². The van der Waals surface area contributed by atoms with Crippen LogP contribution in [0.2, 0.25) is 10.0 Å². The zero-order valence-electron chi connectivity index (χ0n) is 13.1. The van der Waals surface area contributed by atoms with Crippen molar-refractivity contribution in [2.24, 2.45) is 0 Å². The molecule has 0 aliphatic carbocycles. The molecule has 25 heavy (non-hydrogen) atoms. The molecule has 0 saturated heterocycles. The molecule has 0 bridgehead atoms. The van der Waals surface area contributed by atoms with Gasteiger partial charge in [-0.2, -0.15) is 0 Å². The lowest BCUT2D eigenvalue weighted by atomic mass is 10.2. The van der Waals surface area contributed by atoms with Crippen LogP contribution in [0.5, 0.6) is 0 Å². The molecule has 2 aromatic carbocycles. The Morgan fingerprint density at radius 3 is 1.44 bits per heavy atom. The summed E-state index contributed by atoms with van der Waals surface area (Å²) in [4.78, 5) is 22.8. The Hall–Kier alpha value is -2.09. The monoisotopic (exact) mass is 402 g/mol. The van der Waals surface area contributed by atoms with E-state index in [0.29, 0.717) is 0 Å². The molecule has 0 aliphatic rings. The van der Waals surface area contributed by atoms with E-state index in [2.05, 4.69) is 9.47 Å². The molecule has 0 saturated carbocycles. The van der Waals surface area contributed by atoms with Crippen molar-refractivity contribution in [3.63, 3.8) is 0 Å². The third-order valence-corrected chi connectivity index (χ3v) is 5.69. The number of hydrogen-bond acceptors (Lipinski definition) is 6. The van der Waals surface area contributed by atoms with E-state index in [4.69, 9.17) is 23.2 Å². The van der Waals surface area contributed by atoms with Crippen molar-refractivity contribution in [2.45, 2.75) is 9.79 Å². The summed E-state index contributed by atoms with van der Waals surface area (Å²) in [5.41, 5.74) is 0.0874. The number of esters is 2. The van der Waals surface area contributed by atoms with Gasteiger partial charge in [0.05, 0.1) is 45.2 Å². The molecule has 2 aromatic rings. The Balaban J connectivity index is 2.49. The first-order chi connectivity index (χ1) is 11.7. The maximum absolute atomic E-state index is 12.7. The summed E-state index contributed by atoms with van der Waals surface area (Å²) < 4.78 is 34.5. The van der Waals surface area contributed by atoms with Crippen molar-refractivity contribution in [3.8, 4) is 0 Å². The molecule has 2 rings (SSSR count). The second kappa shape index (κ2) is 7.43. The van der Waals surface area contributed by atoms with Gasteiger partial charge in [-0.25, -0.2) is 18.0 Å². The summed E-state index contributed by atoms with van der Waals surface area (Å²) in [5.74, 6) is -1.36. The molecule has 0 N–H and O–H groups in total. The van der Waals surface area contributed by atoms with Gasteiger partial charge in [0.15, 0.2) is 0 Å². The Morgan fingerprint density at radius 2 is 1.16 bits per heavy atom. The van der Waals surface area contributed by atoms with Crippen LogP contribution < -0.4 is 0 Å². The van der Waals surface area contributed by atoms with Crippen LogP contribution in [0.3, 0.4) is 0 Å². The van der Waals surface area contributed by atoms with Crippen LogP contribution in [0.4, 0.5) is 0 Å². The lowest BCUT2D eigenvalue weighted by Crippen LogP contribution is -2.07. The predicted molar refractivity (Wildman–Crippen MR) is 91.0 cm³/mol. The molecule has 0 fully saturated rings. The van der Waals surface area contributed by atoms with Gasteiger partial charge in [-0.1, -0.05) is 23.2 Å². The van der Waals surface area contributed by atoms with E-state index >= 15 is 0 Å². The Bertz CT molecular complexity index is 882. The van der Waals surface area contributed by atoms with E-state index in [1.54, 1.807) is 0 Å². The second-order valence-electron chi connectivity index (χ2n) is 4.77. The molecule has 0 atom stereocenters. The number of ether oxygens (including phenoxy) is 2. The van der Waals surface area contributed by atoms with Crippen LogP contribution in [-0.4, -0.2) is 34.6 Å². The highest BCUT2D eigenvalue weighted by atomic mass is 35.5. The number of hydrogen-bond donors (Lipinski definition) is 0. The third kappa shape index (κ3) is 3.78. The maximum Gasteiger partial charge on any atom is 0.339 e. The average molecular weight is 403 g/mol. The van der Waals surface area contributed by atoms with Gasteiger partial charge in [-0.15, -0.1) is 0 Å². The normalized spacial score (nSPS) is 11.0. The smallest absolute Gasteiger partial charge is 0.339 e. The highest BCUT2D eigenvalue weighted by Gasteiger charge is 2.22. The molecule has 0 radical (unpaired) electrons. The highest BCUT2D eigenvalue weighted by molar-refractivity contribution is 7.91. The molecule has 132 valence electrons. The van der Waals surface area contributed by atoms with Crippen molar-refractivity contribution in [2.75, 3.05) is 14.2 Å². The van der Waals surface area contributed by atoms with E-state index in [1.165, 1.54) is 38.5 Å². The van der Waals surface area contributed by atoms with Crippen molar-refractivity contribution in [1.29, 1.82) is 0 Å². The lowest BCUT2D eigenvalue weighted by molar-refractivity contribution is 0.0592. The molecule has 0 heterocycles. The minimum absolute atomic E-state index is 0.0437. The third-order valence-electron chi connectivity index (χ3n) is 3.31. The molecule has 0 spiro atoms. The minimum atomic E-state index is -3.96. The van der Waals surface area contributed by atoms with Crippen molar-refractivity contribution < 1.29 is 27.5 Å². The minimum Gasteiger partial charge on any atom is -0.465 e. The molecule has 0 aliphatic heterocycles. The van der Waals surface area contributed by atoms with Gasteiger partial charge in [0, 0.05) is 0 Å². The number of methoxy groups -OCH3 is 2. The van der Waals surface area contributed by atoms with Crippen molar-refractivity contribution >= 4 is 45.0 Å². The van der Waals surface area contributed by atoms with Gasteiger partial charge in [0.25, 0.3) is 0 Å². The fraction of sp³-hybridized carbons (Fsp3) is 0.125. The zero-order chi connectivity index (χ0) is 18.8. The fourth-order valence-electron chi connectivity index (χ4n) is 2.01. The van der Waals surface area contributed by atoms with E-state index < -0.39 is 21.8 Å². The van der Waals surface area contributed by atoms with Gasteiger partial charge in [-0.3, -0.25) is 0 Å². The molecule has 0 aromatic heterocycles. The zero-order valence-corrected chi connectivity index (χ0v) is 15.4. The summed E-state index contributed by atoms with van der Waals surface area (Å²) in [6.07, 6.45) is 0. The van der Waals surface area contributed by atoms with Crippen molar-refractivity contribution in [1.82, 2.24) is 0 Å².